The van der Waals surface area contributed by atoms with Crippen LogP contribution in [0.5, 0.6) is 0 Å². The van der Waals surface area contributed by atoms with E-state index in [4.69, 9.17) is 11.6 Å². The van der Waals surface area contributed by atoms with Crippen LogP contribution in [0.25, 0.3) is 0 Å². The first-order valence-electron chi connectivity index (χ1n) is 5.70. The maximum Gasteiger partial charge on any atom is 0.285 e. The molecule has 0 saturated heterocycles. The van der Waals surface area contributed by atoms with Crippen molar-refractivity contribution in [3.05, 3.63) is 57.0 Å². The maximum absolute atomic E-state index is 11.2. The first kappa shape index (κ1) is 12.6. The summed E-state index contributed by atoms with van der Waals surface area (Å²) in [7, 11) is 0. The molecule has 0 bridgehead atoms. The Labute approximate surface area is 110 Å². The van der Waals surface area contributed by atoms with Crippen LogP contribution in [0.3, 0.4) is 0 Å². The van der Waals surface area contributed by atoms with Crippen LogP contribution in [-0.4, -0.2) is 16.7 Å². The van der Waals surface area contributed by atoms with Crippen molar-refractivity contribution in [2.75, 3.05) is 11.9 Å². The van der Waals surface area contributed by atoms with Gasteiger partial charge < -0.3 is 5.32 Å². The molecule has 0 spiro atoms. The number of benzene rings is 1. The van der Waals surface area contributed by atoms with Gasteiger partial charge in [0.15, 0.2) is 0 Å². The summed E-state index contributed by atoms with van der Waals surface area (Å²) < 4.78 is 0. The number of halogens is 1. The maximum atomic E-state index is 11.2. The highest BCUT2D eigenvalue weighted by Gasteiger charge is 2.04. The van der Waals surface area contributed by atoms with E-state index in [1.165, 1.54) is 17.3 Å². The van der Waals surface area contributed by atoms with Crippen molar-refractivity contribution in [3.63, 3.8) is 0 Å². The predicted molar refractivity (Wildman–Crippen MR) is 73.2 cm³/mol. The summed E-state index contributed by atoms with van der Waals surface area (Å²) in [5, 5.41) is 9.25. The Hall–Kier alpha value is -1.81. The number of aryl methyl sites for hydroxylation is 1. The summed E-state index contributed by atoms with van der Waals surface area (Å²) in [6.45, 7) is 2.78. The molecule has 2 N–H and O–H groups in total. The third-order valence-electron chi connectivity index (χ3n) is 2.77. The molecule has 94 valence electrons. The molecule has 1 heterocycles. The second kappa shape index (κ2) is 5.69. The topological polar surface area (TPSA) is 57.8 Å². The van der Waals surface area contributed by atoms with Gasteiger partial charge in [-0.2, -0.15) is 5.10 Å². The molecule has 1 aromatic heterocycles. The van der Waals surface area contributed by atoms with E-state index in [0.29, 0.717) is 12.2 Å². The summed E-state index contributed by atoms with van der Waals surface area (Å²) in [4.78, 5) is 11.2. The third-order valence-corrected chi connectivity index (χ3v) is 3.14. The summed E-state index contributed by atoms with van der Waals surface area (Å²) in [5.74, 6) is 0. The molecule has 0 aliphatic heterocycles. The average molecular weight is 264 g/mol. The van der Waals surface area contributed by atoms with Gasteiger partial charge in [-0.05, 0) is 24.5 Å². The number of nitrogens with one attached hydrogen (secondary N) is 2. The quantitative estimate of drug-likeness (QED) is 0.891. The Morgan fingerprint density at radius 3 is 2.94 bits per heavy atom. The van der Waals surface area contributed by atoms with E-state index >= 15 is 0 Å². The van der Waals surface area contributed by atoms with E-state index < -0.39 is 0 Å². The van der Waals surface area contributed by atoms with Gasteiger partial charge in [-0.1, -0.05) is 35.9 Å². The van der Waals surface area contributed by atoms with Crippen molar-refractivity contribution in [1.29, 1.82) is 0 Å². The van der Waals surface area contributed by atoms with Gasteiger partial charge in [0.1, 0.15) is 5.02 Å². The molecule has 18 heavy (non-hydrogen) atoms. The average Bonchev–Trinajstić information content (AvgIpc) is 2.37. The molecule has 5 heteroatoms. The molecule has 0 radical (unpaired) electrons. The number of rotatable bonds is 4. The van der Waals surface area contributed by atoms with Crippen molar-refractivity contribution in [2.24, 2.45) is 0 Å². The lowest BCUT2D eigenvalue weighted by Crippen LogP contribution is -2.13. The Bertz CT molecular complexity index is 595. The van der Waals surface area contributed by atoms with Crippen LogP contribution in [0, 0.1) is 6.92 Å². The zero-order valence-corrected chi connectivity index (χ0v) is 10.8. The molecular weight excluding hydrogens is 250 g/mol. The molecule has 0 unspecified atom stereocenters. The number of aromatic amines is 1. The number of aromatic nitrogens is 2. The number of nitrogens with zero attached hydrogens (tertiary/aromatic N) is 1. The van der Waals surface area contributed by atoms with Crippen molar-refractivity contribution in [2.45, 2.75) is 13.3 Å². The van der Waals surface area contributed by atoms with Crippen molar-refractivity contribution < 1.29 is 0 Å². The second-order valence-corrected chi connectivity index (χ2v) is 4.41. The number of hydrogen-bond acceptors (Lipinski definition) is 3. The van der Waals surface area contributed by atoms with Crippen LogP contribution in [0.2, 0.25) is 5.02 Å². The standard InChI is InChI=1S/C13H14ClN3O/c1-9-4-2-3-5-10(9)6-7-15-11-8-16-17-13(18)12(11)14/h2-5,8H,6-7H2,1H3,(H2,15,17,18). The highest BCUT2D eigenvalue weighted by atomic mass is 35.5. The summed E-state index contributed by atoms with van der Waals surface area (Å²) in [6, 6.07) is 8.21. The Morgan fingerprint density at radius 1 is 1.39 bits per heavy atom. The van der Waals surface area contributed by atoms with Crippen LogP contribution in [0.4, 0.5) is 5.69 Å². The zero-order valence-electron chi connectivity index (χ0n) is 10.0. The van der Waals surface area contributed by atoms with Crippen LogP contribution in [0.1, 0.15) is 11.1 Å². The summed E-state index contributed by atoms with van der Waals surface area (Å²) in [5.41, 5.74) is 2.72. The fourth-order valence-corrected chi connectivity index (χ4v) is 1.89. The van der Waals surface area contributed by atoms with Gasteiger partial charge in [-0.25, -0.2) is 5.10 Å². The van der Waals surface area contributed by atoms with Gasteiger partial charge in [0.25, 0.3) is 5.56 Å². The van der Waals surface area contributed by atoms with Crippen LogP contribution in [0.15, 0.2) is 35.3 Å². The minimum Gasteiger partial charge on any atom is -0.382 e. The Morgan fingerprint density at radius 2 is 2.17 bits per heavy atom. The molecule has 0 amide bonds. The highest BCUT2D eigenvalue weighted by Crippen LogP contribution is 2.14. The van der Waals surface area contributed by atoms with Crippen LogP contribution < -0.4 is 10.9 Å². The molecule has 0 aliphatic carbocycles. The Kier molecular flexibility index (Phi) is 3.99. The molecule has 4 nitrogen and oxygen atoms in total. The first-order chi connectivity index (χ1) is 8.68. The van der Waals surface area contributed by atoms with Gasteiger partial charge in [-0.15, -0.1) is 0 Å². The smallest absolute Gasteiger partial charge is 0.285 e. The van der Waals surface area contributed by atoms with Gasteiger partial charge in [0, 0.05) is 6.54 Å². The predicted octanol–water partition coefficient (Wildman–Crippen LogP) is 2.39. The van der Waals surface area contributed by atoms with Gasteiger partial charge in [0.2, 0.25) is 0 Å². The van der Waals surface area contributed by atoms with Crippen molar-refractivity contribution >= 4 is 17.3 Å². The minimum absolute atomic E-state index is 0.148. The van der Waals surface area contributed by atoms with E-state index in [1.807, 2.05) is 12.1 Å². The van der Waals surface area contributed by atoms with Gasteiger partial charge >= 0.3 is 0 Å². The number of anilines is 1. The molecule has 2 rings (SSSR count). The zero-order chi connectivity index (χ0) is 13.0. The van der Waals surface area contributed by atoms with Gasteiger partial charge in [-0.3, -0.25) is 4.79 Å². The lowest BCUT2D eigenvalue weighted by molar-refractivity contribution is 0.965. The highest BCUT2D eigenvalue weighted by molar-refractivity contribution is 6.32. The monoisotopic (exact) mass is 263 g/mol. The summed E-state index contributed by atoms with van der Waals surface area (Å²) >= 11 is 5.86. The summed E-state index contributed by atoms with van der Waals surface area (Å²) in [6.07, 6.45) is 2.39. The molecule has 0 saturated carbocycles. The van der Waals surface area contributed by atoms with E-state index in [9.17, 15) is 4.79 Å². The van der Waals surface area contributed by atoms with E-state index in [1.54, 1.807) is 0 Å². The first-order valence-corrected chi connectivity index (χ1v) is 6.08. The lowest BCUT2D eigenvalue weighted by atomic mass is 10.1. The second-order valence-electron chi connectivity index (χ2n) is 4.03. The molecule has 0 fully saturated rings. The third kappa shape index (κ3) is 2.90. The van der Waals surface area contributed by atoms with E-state index in [2.05, 4.69) is 34.6 Å². The number of hydrogen-bond donors (Lipinski definition) is 2. The Balaban J connectivity index is 1.99. The molecule has 0 atom stereocenters. The fraction of sp³-hybridized carbons (Fsp3) is 0.231. The van der Waals surface area contributed by atoms with Crippen molar-refractivity contribution in [3.8, 4) is 0 Å². The van der Waals surface area contributed by atoms with Crippen LogP contribution in [-0.2, 0) is 6.42 Å². The van der Waals surface area contributed by atoms with Gasteiger partial charge in [0.05, 0.1) is 11.9 Å². The van der Waals surface area contributed by atoms with Crippen molar-refractivity contribution in [1.82, 2.24) is 10.2 Å². The lowest BCUT2D eigenvalue weighted by Gasteiger charge is -2.08. The number of H-pyrrole nitrogens is 1. The van der Waals surface area contributed by atoms with Crippen LogP contribution >= 0.6 is 11.6 Å². The molecule has 1 aromatic carbocycles. The minimum atomic E-state index is -0.377. The molecule has 2 aromatic rings. The normalized spacial score (nSPS) is 10.3. The molecular formula is C13H14ClN3O. The van der Waals surface area contributed by atoms with E-state index in [0.717, 1.165) is 6.42 Å². The largest absolute Gasteiger partial charge is 0.382 e. The molecule has 0 aliphatic rings. The van der Waals surface area contributed by atoms with E-state index in [-0.39, 0.29) is 10.6 Å². The SMILES string of the molecule is Cc1ccccc1CCNc1cn[nH]c(=O)c1Cl. The fourth-order valence-electron chi connectivity index (χ4n) is 1.73.